The minimum absolute atomic E-state index is 0.176. The van der Waals surface area contributed by atoms with Crippen LogP contribution in [-0.4, -0.2) is 19.3 Å². The van der Waals surface area contributed by atoms with E-state index in [9.17, 15) is 4.79 Å². The average Bonchev–Trinajstić information content (AvgIpc) is 2.98. The Hall–Kier alpha value is -2.63. The highest BCUT2D eigenvalue weighted by Crippen LogP contribution is 2.19. The molecule has 0 radical (unpaired) electrons. The lowest BCUT2D eigenvalue weighted by atomic mass is 10.1. The van der Waals surface area contributed by atoms with Gasteiger partial charge in [0.15, 0.2) is 5.89 Å². The molecule has 0 aliphatic rings. The van der Waals surface area contributed by atoms with E-state index in [0.29, 0.717) is 5.89 Å². The van der Waals surface area contributed by atoms with E-state index >= 15 is 0 Å². The number of nitrogens with zero attached hydrogens (tertiary/aromatic N) is 4. The Morgan fingerprint density at radius 1 is 1.21 bits per heavy atom. The topological polar surface area (TPSA) is 65.8 Å². The summed E-state index contributed by atoms with van der Waals surface area (Å²) in [5.74, 6) is 0.627. The zero-order valence-electron chi connectivity index (χ0n) is 10.6. The smallest absolute Gasteiger partial charge is 0.350 e. The molecule has 2 heterocycles. The van der Waals surface area contributed by atoms with Crippen molar-refractivity contribution >= 4 is 0 Å². The van der Waals surface area contributed by atoms with Gasteiger partial charge in [-0.25, -0.2) is 19.0 Å². The number of oxazole rings is 1. The summed E-state index contributed by atoms with van der Waals surface area (Å²) in [7, 11) is 1.62. The first-order chi connectivity index (χ1) is 9.15. The summed E-state index contributed by atoms with van der Waals surface area (Å²) < 4.78 is 7.95. The van der Waals surface area contributed by atoms with Gasteiger partial charge < -0.3 is 4.42 Å². The zero-order valence-corrected chi connectivity index (χ0v) is 10.6. The zero-order chi connectivity index (χ0) is 13.4. The van der Waals surface area contributed by atoms with Crippen molar-refractivity contribution < 1.29 is 4.42 Å². The van der Waals surface area contributed by atoms with E-state index in [4.69, 9.17) is 4.42 Å². The highest BCUT2D eigenvalue weighted by atomic mass is 16.3. The standard InChI is InChI=1S/C13H12N4O2/c1-9-15-12(7-19-9)10-3-5-11(6-4-10)17-8-14-16(2)13(17)18/h3-8H,1-2H3. The Bertz CT molecular complexity index is 765. The van der Waals surface area contributed by atoms with Gasteiger partial charge in [-0.15, -0.1) is 0 Å². The molecule has 19 heavy (non-hydrogen) atoms. The Labute approximate surface area is 108 Å². The predicted molar refractivity (Wildman–Crippen MR) is 69.0 cm³/mol. The quantitative estimate of drug-likeness (QED) is 0.697. The van der Waals surface area contributed by atoms with Crippen molar-refractivity contribution in [3.05, 3.63) is 53.2 Å². The third-order valence-corrected chi connectivity index (χ3v) is 2.88. The maximum atomic E-state index is 11.8. The normalized spacial score (nSPS) is 10.8. The summed E-state index contributed by atoms with van der Waals surface area (Å²) in [5, 5.41) is 3.92. The minimum Gasteiger partial charge on any atom is -0.449 e. The first-order valence-electron chi connectivity index (χ1n) is 5.79. The summed E-state index contributed by atoms with van der Waals surface area (Å²) in [6, 6.07) is 7.49. The molecule has 0 N–H and O–H groups in total. The number of benzene rings is 1. The van der Waals surface area contributed by atoms with Crippen molar-refractivity contribution in [1.82, 2.24) is 19.3 Å². The first kappa shape index (κ1) is 11.5. The van der Waals surface area contributed by atoms with E-state index < -0.39 is 0 Å². The van der Waals surface area contributed by atoms with Gasteiger partial charge in [-0.1, -0.05) is 12.1 Å². The molecule has 3 aromatic rings. The second-order valence-electron chi connectivity index (χ2n) is 4.21. The van der Waals surface area contributed by atoms with Crippen LogP contribution in [0.2, 0.25) is 0 Å². The molecule has 1 aromatic carbocycles. The molecular weight excluding hydrogens is 244 g/mol. The Kier molecular flexibility index (Phi) is 2.56. The molecule has 0 saturated carbocycles. The number of hydrogen-bond acceptors (Lipinski definition) is 4. The molecule has 0 fully saturated rings. The average molecular weight is 256 g/mol. The van der Waals surface area contributed by atoms with Gasteiger partial charge in [0.05, 0.1) is 5.69 Å². The molecule has 6 nitrogen and oxygen atoms in total. The van der Waals surface area contributed by atoms with Gasteiger partial charge in [0.2, 0.25) is 0 Å². The van der Waals surface area contributed by atoms with Crippen LogP contribution in [0.1, 0.15) is 5.89 Å². The van der Waals surface area contributed by atoms with Crippen LogP contribution in [-0.2, 0) is 7.05 Å². The van der Waals surface area contributed by atoms with Gasteiger partial charge in [-0.3, -0.25) is 0 Å². The Morgan fingerprint density at radius 2 is 1.95 bits per heavy atom. The van der Waals surface area contributed by atoms with Crippen LogP contribution in [0.5, 0.6) is 0 Å². The number of hydrogen-bond donors (Lipinski definition) is 0. The van der Waals surface area contributed by atoms with Gasteiger partial charge in [0, 0.05) is 19.5 Å². The number of aryl methyl sites for hydroxylation is 2. The molecule has 0 unspecified atom stereocenters. The molecule has 2 aromatic heterocycles. The third kappa shape index (κ3) is 1.97. The summed E-state index contributed by atoms with van der Waals surface area (Å²) in [6.07, 6.45) is 3.11. The van der Waals surface area contributed by atoms with Gasteiger partial charge >= 0.3 is 5.69 Å². The molecule has 0 atom stereocenters. The van der Waals surface area contributed by atoms with Crippen LogP contribution in [0.3, 0.4) is 0 Å². The van der Waals surface area contributed by atoms with E-state index in [0.717, 1.165) is 16.9 Å². The van der Waals surface area contributed by atoms with Crippen molar-refractivity contribution in [2.75, 3.05) is 0 Å². The molecule has 3 rings (SSSR count). The highest BCUT2D eigenvalue weighted by molar-refractivity contribution is 5.59. The molecule has 96 valence electrons. The monoisotopic (exact) mass is 256 g/mol. The van der Waals surface area contributed by atoms with Crippen molar-refractivity contribution in [2.45, 2.75) is 6.92 Å². The molecule has 0 aliphatic heterocycles. The van der Waals surface area contributed by atoms with Crippen LogP contribution >= 0.6 is 0 Å². The second kappa shape index (κ2) is 4.24. The lowest BCUT2D eigenvalue weighted by Crippen LogP contribution is -2.21. The summed E-state index contributed by atoms with van der Waals surface area (Å²) in [4.78, 5) is 16.0. The molecule has 0 bridgehead atoms. The van der Waals surface area contributed by atoms with Crippen molar-refractivity contribution in [3.8, 4) is 16.9 Å². The summed E-state index contributed by atoms with van der Waals surface area (Å²) in [5.41, 5.74) is 2.31. The van der Waals surface area contributed by atoms with Crippen LogP contribution in [0.4, 0.5) is 0 Å². The maximum Gasteiger partial charge on any atom is 0.350 e. The molecule has 6 heteroatoms. The Balaban J connectivity index is 1.99. The van der Waals surface area contributed by atoms with E-state index in [1.54, 1.807) is 20.2 Å². The lowest BCUT2D eigenvalue weighted by molar-refractivity contribution is 0.521. The fourth-order valence-corrected chi connectivity index (χ4v) is 1.85. The fraction of sp³-hybridized carbons (Fsp3) is 0.154. The number of rotatable bonds is 2. The highest BCUT2D eigenvalue weighted by Gasteiger charge is 2.06. The van der Waals surface area contributed by atoms with Gasteiger partial charge in [-0.05, 0) is 12.1 Å². The second-order valence-corrected chi connectivity index (χ2v) is 4.21. The molecule has 0 aliphatic carbocycles. The summed E-state index contributed by atoms with van der Waals surface area (Å²) in [6.45, 7) is 1.80. The number of aromatic nitrogens is 4. The summed E-state index contributed by atoms with van der Waals surface area (Å²) >= 11 is 0. The SMILES string of the molecule is Cc1nc(-c2ccc(-n3cnn(C)c3=O)cc2)co1. The van der Waals surface area contributed by atoms with Crippen molar-refractivity contribution in [2.24, 2.45) is 7.05 Å². The molecular formula is C13H12N4O2. The molecule has 0 saturated heterocycles. The van der Waals surface area contributed by atoms with Crippen LogP contribution in [0.25, 0.3) is 16.9 Å². The third-order valence-electron chi connectivity index (χ3n) is 2.88. The largest absolute Gasteiger partial charge is 0.449 e. The van der Waals surface area contributed by atoms with Crippen molar-refractivity contribution in [3.63, 3.8) is 0 Å². The van der Waals surface area contributed by atoms with E-state index in [1.165, 1.54) is 15.6 Å². The van der Waals surface area contributed by atoms with E-state index in [2.05, 4.69) is 10.1 Å². The van der Waals surface area contributed by atoms with Gasteiger partial charge in [-0.2, -0.15) is 5.10 Å². The van der Waals surface area contributed by atoms with E-state index in [-0.39, 0.29) is 5.69 Å². The van der Waals surface area contributed by atoms with Gasteiger partial charge in [0.25, 0.3) is 0 Å². The maximum absolute atomic E-state index is 11.8. The molecule has 0 spiro atoms. The van der Waals surface area contributed by atoms with Crippen LogP contribution in [0.15, 0.2) is 46.1 Å². The predicted octanol–water partition coefficient (Wildman–Crippen LogP) is 1.53. The Morgan fingerprint density at radius 3 is 2.47 bits per heavy atom. The minimum atomic E-state index is -0.176. The van der Waals surface area contributed by atoms with Crippen LogP contribution in [0, 0.1) is 6.92 Å². The van der Waals surface area contributed by atoms with E-state index in [1.807, 2.05) is 24.3 Å². The van der Waals surface area contributed by atoms with Crippen molar-refractivity contribution in [1.29, 1.82) is 0 Å². The lowest BCUT2D eigenvalue weighted by Gasteiger charge is -2.01. The first-order valence-corrected chi connectivity index (χ1v) is 5.79. The van der Waals surface area contributed by atoms with Gasteiger partial charge in [0.1, 0.15) is 18.3 Å². The fourth-order valence-electron chi connectivity index (χ4n) is 1.85. The van der Waals surface area contributed by atoms with Crippen LogP contribution < -0.4 is 5.69 Å². The molecule has 0 amide bonds.